The van der Waals surface area contributed by atoms with Crippen LogP contribution in [-0.2, 0) is 13.6 Å². The van der Waals surface area contributed by atoms with Gasteiger partial charge >= 0.3 is 5.97 Å². The van der Waals surface area contributed by atoms with E-state index < -0.39 is 5.97 Å². The third-order valence-electron chi connectivity index (χ3n) is 2.86. The summed E-state index contributed by atoms with van der Waals surface area (Å²) in [6.45, 7) is 2.81. The fourth-order valence-electron chi connectivity index (χ4n) is 1.98. The topological polar surface area (TPSA) is 58.4 Å². The number of aromatic nitrogens is 2. The van der Waals surface area contributed by atoms with Crippen molar-refractivity contribution in [1.29, 1.82) is 0 Å². The van der Waals surface area contributed by atoms with E-state index in [1.165, 1.54) is 19.0 Å². The molecule has 1 N–H and O–H groups in total. The van der Waals surface area contributed by atoms with Gasteiger partial charge in [0.1, 0.15) is 5.56 Å². The average molecular weight is 209 g/mol. The van der Waals surface area contributed by atoms with Gasteiger partial charge in [-0.1, -0.05) is 0 Å². The summed E-state index contributed by atoms with van der Waals surface area (Å²) < 4.78 is 1.65. The van der Waals surface area contributed by atoms with Gasteiger partial charge in [-0.15, -0.1) is 0 Å². The number of aryl methyl sites for hydroxylation is 1. The summed E-state index contributed by atoms with van der Waals surface area (Å²) in [5.74, 6) is -0.891. The van der Waals surface area contributed by atoms with E-state index in [0.29, 0.717) is 12.1 Å². The molecule has 0 spiro atoms. The van der Waals surface area contributed by atoms with Gasteiger partial charge in [-0.25, -0.2) is 4.79 Å². The monoisotopic (exact) mass is 209 g/mol. The molecular formula is C10H15N3O2. The van der Waals surface area contributed by atoms with Gasteiger partial charge in [0, 0.05) is 13.6 Å². The van der Waals surface area contributed by atoms with E-state index in [-0.39, 0.29) is 0 Å². The van der Waals surface area contributed by atoms with Crippen molar-refractivity contribution in [3.05, 3.63) is 17.5 Å². The fourth-order valence-corrected chi connectivity index (χ4v) is 1.98. The molecule has 0 bridgehead atoms. The first kappa shape index (κ1) is 10.2. The van der Waals surface area contributed by atoms with Crippen LogP contribution in [0.5, 0.6) is 0 Å². The Morgan fingerprint density at radius 2 is 2.20 bits per heavy atom. The van der Waals surface area contributed by atoms with Crippen LogP contribution in [0.15, 0.2) is 6.20 Å². The molecule has 1 aromatic rings. The van der Waals surface area contributed by atoms with Crippen molar-refractivity contribution < 1.29 is 9.90 Å². The summed E-state index contributed by atoms with van der Waals surface area (Å²) in [6.07, 6.45) is 3.84. The Labute approximate surface area is 88.3 Å². The molecule has 15 heavy (non-hydrogen) atoms. The zero-order valence-electron chi connectivity index (χ0n) is 8.81. The quantitative estimate of drug-likeness (QED) is 0.796. The Kier molecular flexibility index (Phi) is 2.73. The number of carboxylic acids is 1. The molecule has 5 heteroatoms. The highest BCUT2D eigenvalue weighted by Gasteiger charge is 2.19. The molecule has 1 aliphatic heterocycles. The van der Waals surface area contributed by atoms with Crippen molar-refractivity contribution in [2.45, 2.75) is 19.4 Å². The van der Waals surface area contributed by atoms with Gasteiger partial charge in [0.2, 0.25) is 0 Å². The molecule has 1 fully saturated rings. The Morgan fingerprint density at radius 1 is 1.53 bits per heavy atom. The molecule has 5 nitrogen and oxygen atoms in total. The Morgan fingerprint density at radius 3 is 2.80 bits per heavy atom. The van der Waals surface area contributed by atoms with E-state index in [2.05, 4.69) is 10.00 Å². The lowest BCUT2D eigenvalue weighted by molar-refractivity contribution is 0.0694. The van der Waals surface area contributed by atoms with Gasteiger partial charge in [0.25, 0.3) is 0 Å². The van der Waals surface area contributed by atoms with Gasteiger partial charge in [-0.3, -0.25) is 9.58 Å². The minimum absolute atomic E-state index is 0.324. The number of rotatable bonds is 3. The summed E-state index contributed by atoms with van der Waals surface area (Å²) in [5, 5.41) is 13.0. The average Bonchev–Trinajstić information content (AvgIpc) is 2.78. The number of hydrogen-bond acceptors (Lipinski definition) is 3. The van der Waals surface area contributed by atoms with E-state index in [4.69, 9.17) is 5.11 Å². The van der Waals surface area contributed by atoms with Crippen LogP contribution < -0.4 is 0 Å². The molecule has 1 aromatic heterocycles. The van der Waals surface area contributed by atoms with Crippen molar-refractivity contribution in [3.8, 4) is 0 Å². The number of likely N-dealkylation sites (tertiary alicyclic amines) is 1. The van der Waals surface area contributed by atoms with Crippen molar-refractivity contribution in [2.75, 3.05) is 13.1 Å². The van der Waals surface area contributed by atoms with E-state index in [1.807, 2.05) is 0 Å². The molecule has 0 saturated carbocycles. The number of aromatic carboxylic acids is 1. The molecule has 1 aliphatic rings. The molecule has 1 saturated heterocycles. The largest absolute Gasteiger partial charge is 0.478 e. The highest BCUT2D eigenvalue weighted by molar-refractivity contribution is 5.88. The zero-order chi connectivity index (χ0) is 10.8. The molecule has 82 valence electrons. The summed E-state index contributed by atoms with van der Waals surface area (Å²) in [6, 6.07) is 0. The second-order valence-electron chi connectivity index (χ2n) is 3.92. The summed E-state index contributed by atoms with van der Waals surface area (Å²) in [5.41, 5.74) is 1.12. The third kappa shape index (κ3) is 2.02. The summed E-state index contributed by atoms with van der Waals surface area (Å²) >= 11 is 0. The zero-order valence-corrected chi connectivity index (χ0v) is 8.81. The second-order valence-corrected chi connectivity index (χ2v) is 3.92. The Hall–Kier alpha value is -1.36. The molecule has 0 unspecified atom stereocenters. The van der Waals surface area contributed by atoms with Gasteiger partial charge < -0.3 is 5.11 Å². The van der Waals surface area contributed by atoms with Gasteiger partial charge in [-0.2, -0.15) is 5.10 Å². The SMILES string of the molecule is Cn1ncc(C(=O)O)c1CN1CCCC1. The Balaban J connectivity index is 2.18. The highest BCUT2D eigenvalue weighted by atomic mass is 16.4. The lowest BCUT2D eigenvalue weighted by Gasteiger charge is -2.14. The van der Waals surface area contributed by atoms with Crippen LogP contribution >= 0.6 is 0 Å². The van der Waals surface area contributed by atoms with Crippen LogP contribution in [-0.4, -0.2) is 38.8 Å². The molecule has 2 heterocycles. The minimum Gasteiger partial charge on any atom is -0.478 e. The normalized spacial score (nSPS) is 17.1. The molecule has 0 radical (unpaired) electrons. The maximum Gasteiger partial charge on any atom is 0.339 e. The smallest absolute Gasteiger partial charge is 0.339 e. The number of hydrogen-bond donors (Lipinski definition) is 1. The molecule has 0 aromatic carbocycles. The van der Waals surface area contributed by atoms with E-state index in [0.717, 1.165) is 18.8 Å². The molecule has 0 amide bonds. The fraction of sp³-hybridized carbons (Fsp3) is 0.600. The van der Waals surface area contributed by atoms with Crippen LogP contribution in [0.1, 0.15) is 28.9 Å². The first-order chi connectivity index (χ1) is 7.18. The number of carbonyl (C=O) groups is 1. The van der Waals surface area contributed by atoms with E-state index in [9.17, 15) is 4.79 Å². The van der Waals surface area contributed by atoms with Gasteiger partial charge in [-0.05, 0) is 25.9 Å². The molecule has 2 rings (SSSR count). The maximum atomic E-state index is 10.9. The van der Waals surface area contributed by atoms with Crippen molar-refractivity contribution in [3.63, 3.8) is 0 Å². The van der Waals surface area contributed by atoms with E-state index >= 15 is 0 Å². The van der Waals surface area contributed by atoms with Crippen LogP contribution in [0.2, 0.25) is 0 Å². The number of nitrogens with zero attached hydrogens (tertiary/aromatic N) is 3. The molecule has 0 aliphatic carbocycles. The second kappa shape index (κ2) is 4.02. The van der Waals surface area contributed by atoms with Crippen LogP contribution in [0.25, 0.3) is 0 Å². The molecular weight excluding hydrogens is 194 g/mol. The lowest BCUT2D eigenvalue weighted by atomic mass is 10.2. The minimum atomic E-state index is -0.891. The van der Waals surface area contributed by atoms with Crippen molar-refractivity contribution in [2.24, 2.45) is 7.05 Å². The van der Waals surface area contributed by atoms with Gasteiger partial charge in [0.05, 0.1) is 11.9 Å². The van der Waals surface area contributed by atoms with Crippen molar-refractivity contribution >= 4 is 5.97 Å². The first-order valence-electron chi connectivity index (χ1n) is 5.15. The highest BCUT2D eigenvalue weighted by Crippen LogP contribution is 2.15. The maximum absolute atomic E-state index is 10.9. The van der Waals surface area contributed by atoms with E-state index in [1.54, 1.807) is 11.7 Å². The third-order valence-corrected chi connectivity index (χ3v) is 2.86. The van der Waals surface area contributed by atoms with Crippen LogP contribution in [0.4, 0.5) is 0 Å². The number of carboxylic acid groups (broad SMARTS) is 1. The molecule has 0 atom stereocenters. The Bertz CT molecular complexity index is 367. The van der Waals surface area contributed by atoms with Crippen LogP contribution in [0.3, 0.4) is 0 Å². The first-order valence-corrected chi connectivity index (χ1v) is 5.15. The standard InChI is InChI=1S/C10H15N3O2/c1-12-9(7-13-4-2-3-5-13)8(6-11-12)10(14)15/h6H,2-5,7H2,1H3,(H,14,15). The lowest BCUT2D eigenvalue weighted by Crippen LogP contribution is -2.21. The predicted molar refractivity (Wildman–Crippen MR) is 54.7 cm³/mol. The van der Waals surface area contributed by atoms with Crippen molar-refractivity contribution in [1.82, 2.24) is 14.7 Å². The summed E-state index contributed by atoms with van der Waals surface area (Å²) in [4.78, 5) is 13.2. The van der Waals surface area contributed by atoms with Gasteiger partial charge in [0.15, 0.2) is 0 Å². The van der Waals surface area contributed by atoms with Crippen LogP contribution in [0, 0.1) is 0 Å². The summed E-state index contributed by atoms with van der Waals surface area (Å²) in [7, 11) is 1.79. The predicted octanol–water partition coefficient (Wildman–Crippen LogP) is 0.714.